The standard InChI is InChI=1S/C17H34N2/c1-15-7-6-11-17(14-18,12-10-15)19(2)13-16-8-4-3-5-9-16/h15-16H,3-14,18H2,1-2H3. The van der Waals surface area contributed by atoms with E-state index in [9.17, 15) is 0 Å². The summed E-state index contributed by atoms with van der Waals surface area (Å²) in [5.41, 5.74) is 6.53. The molecular weight excluding hydrogens is 232 g/mol. The van der Waals surface area contributed by atoms with E-state index in [4.69, 9.17) is 5.73 Å². The Morgan fingerprint density at radius 1 is 1.00 bits per heavy atom. The lowest BCUT2D eigenvalue weighted by atomic mass is 9.84. The van der Waals surface area contributed by atoms with Crippen LogP contribution in [0, 0.1) is 11.8 Å². The SMILES string of the molecule is CC1CCCC(CN)(N(C)CC2CCCCC2)CC1. The first kappa shape index (κ1) is 15.3. The highest BCUT2D eigenvalue weighted by molar-refractivity contribution is 4.93. The van der Waals surface area contributed by atoms with Crippen LogP contribution < -0.4 is 5.73 Å². The first-order chi connectivity index (χ1) is 9.16. The van der Waals surface area contributed by atoms with Gasteiger partial charge in [0.1, 0.15) is 0 Å². The van der Waals surface area contributed by atoms with E-state index in [0.29, 0.717) is 5.54 Å². The van der Waals surface area contributed by atoms with Crippen molar-refractivity contribution in [3.8, 4) is 0 Å². The van der Waals surface area contributed by atoms with E-state index >= 15 is 0 Å². The summed E-state index contributed by atoms with van der Waals surface area (Å²) >= 11 is 0. The van der Waals surface area contributed by atoms with Gasteiger partial charge in [-0.2, -0.15) is 0 Å². The van der Waals surface area contributed by atoms with Gasteiger partial charge in [0.25, 0.3) is 0 Å². The predicted octanol–water partition coefficient (Wildman–Crippen LogP) is 3.80. The summed E-state index contributed by atoms with van der Waals surface area (Å²) in [6.45, 7) is 4.54. The van der Waals surface area contributed by atoms with Crippen LogP contribution in [0.5, 0.6) is 0 Å². The van der Waals surface area contributed by atoms with Gasteiger partial charge in [0.05, 0.1) is 0 Å². The minimum Gasteiger partial charge on any atom is -0.329 e. The summed E-state index contributed by atoms with van der Waals surface area (Å²) in [5.74, 6) is 1.83. The maximum Gasteiger partial charge on any atom is 0.0328 e. The highest BCUT2D eigenvalue weighted by Gasteiger charge is 2.35. The number of hydrogen-bond acceptors (Lipinski definition) is 2. The van der Waals surface area contributed by atoms with Crippen LogP contribution in [-0.4, -0.2) is 30.6 Å². The molecule has 0 aromatic rings. The molecule has 0 amide bonds. The van der Waals surface area contributed by atoms with Crippen molar-refractivity contribution >= 4 is 0 Å². The average molecular weight is 266 g/mol. The van der Waals surface area contributed by atoms with Crippen LogP contribution in [0.1, 0.15) is 71.1 Å². The van der Waals surface area contributed by atoms with Crippen LogP contribution in [0.25, 0.3) is 0 Å². The molecule has 2 aliphatic carbocycles. The molecule has 0 aromatic heterocycles. The van der Waals surface area contributed by atoms with E-state index in [1.807, 2.05) is 0 Å². The molecule has 2 unspecified atom stereocenters. The van der Waals surface area contributed by atoms with Gasteiger partial charge in [0, 0.05) is 18.6 Å². The molecule has 0 spiro atoms. The van der Waals surface area contributed by atoms with E-state index in [0.717, 1.165) is 18.4 Å². The van der Waals surface area contributed by atoms with Gasteiger partial charge in [-0.3, -0.25) is 4.90 Å². The van der Waals surface area contributed by atoms with Gasteiger partial charge in [0.2, 0.25) is 0 Å². The van der Waals surface area contributed by atoms with Crippen molar-refractivity contribution in [1.29, 1.82) is 0 Å². The molecule has 2 heteroatoms. The third kappa shape index (κ3) is 3.95. The summed E-state index contributed by atoms with van der Waals surface area (Å²) in [5, 5.41) is 0. The van der Waals surface area contributed by atoms with Crippen LogP contribution in [0.4, 0.5) is 0 Å². The molecule has 112 valence electrons. The van der Waals surface area contributed by atoms with Gasteiger partial charge in [-0.1, -0.05) is 39.0 Å². The molecule has 2 rings (SSSR count). The predicted molar refractivity (Wildman–Crippen MR) is 83.2 cm³/mol. The smallest absolute Gasteiger partial charge is 0.0328 e. The molecule has 0 heterocycles. The lowest BCUT2D eigenvalue weighted by molar-refractivity contribution is 0.0801. The van der Waals surface area contributed by atoms with Gasteiger partial charge in [-0.05, 0) is 51.0 Å². The largest absolute Gasteiger partial charge is 0.329 e. The van der Waals surface area contributed by atoms with Crippen molar-refractivity contribution in [2.75, 3.05) is 20.1 Å². The van der Waals surface area contributed by atoms with Crippen molar-refractivity contribution in [3.63, 3.8) is 0 Å². The van der Waals surface area contributed by atoms with Crippen LogP contribution in [0.15, 0.2) is 0 Å². The molecule has 2 nitrogen and oxygen atoms in total. The van der Waals surface area contributed by atoms with Crippen molar-refractivity contribution in [2.45, 2.75) is 76.7 Å². The zero-order valence-electron chi connectivity index (χ0n) is 13.2. The van der Waals surface area contributed by atoms with Crippen molar-refractivity contribution < 1.29 is 0 Å². The van der Waals surface area contributed by atoms with Crippen molar-refractivity contribution in [1.82, 2.24) is 4.90 Å². The number of nitrogens with two attached hydrogens (primary N) is 1. The number of nitrogens with zero attached hydrogens (tertiary/aromatic N) is 1. The van der Waals surface area contributed by atoms with Crippen LogP contribution in [0.2, 0.25) is 0 Å². The molecule has 0 aromatic carbocycles. The van der Waals surface area contributed by atoms with Crippen molar-refractivity contribution in [2.24, 2.45) is 17.6 Å². The van der Waals surface area contributed by atoms with Crippen molar-refractivity contribution in [3.05, 3.63) is 0 Å². The monoisotopic (exact) mass is 266 g/mol. The van der Waals surface area contributed by atoms with Gasteiger partial charge in [-0.15, -0.1) is 0 Å². The molecule has 2 aliphatic rings. The lowest BCUT2D eigenvalue weighted by Crippen LogP contribution is -2.53. The zero-order chi connectivity index (χ0) is 13.7. The average Bonchev–Trinajstić information content (AvgIpc) is 2.62. The number of likely N-dealkylation sites (N-methyl/N-ethyl adjacent to an activating group) is 1. The second-order valence-electron chi connectivity index (χ2n) is 7.35. The summed E-state index contributed by atoms with van der Waals surface area (Å²) in [7, 11) is 2.34. The minimum absolute atomic E-state index is 0.308. The topological polar surface area (TPSA) is 29.3 Å². The lowest BCUT2D eigenvalue weighted by Gasteiger charge is -2.43. The van der Waals surface area contributed by atoms with Crippen LogP contribution in [-0.2, 0) is 0 Å². The van der Waals surface area contributed by atoms with E-state index in [1.165, 1.54) is 70.8 Å². The molecule has 0 bridgehead atoms. The minimum atomic E-state index is 0.308. The Kier molecular flexibility index (Phi) is 5.70. The van der Waals surface area contributed by atoms with E-state index in [-0.39, 0.29) is 0 Å². The number of hydrogen-bond donors (Lipinski definition) is 1. The van der Waals surface area contributed by atoms with Gasteiger partial charge < -0.3 is 5.73 Å². The maximum absolute atomic E-state index is 6.22. The summed E-state index contributed by atoms with van der Waals surface area (Å²) in [4.78, 5) is 2.65. The third-order valence-corrected chi connectivity index (χ3v) is 5.89. The highest BCUT2D eigenvalue weighted by atomic mass is 15.2. The second-order valence-corrected chi connectivity index (χ2v) is 7.35. The Morgan fingerprint density at radius 3 is 2.42 bits per heavy atom. The van der Waals surface area contributed by atoms with E-state index in [2.05, 4.69) is 18.9 Å². The van der Waals surface area contributed by atoms with Crippen LogP contribution >= 0.6 is 0 Å². The van der Waals surface area contributed by atoms with E-state index in [1.54, 1.807) is 0 Å². The Balaban J connectivity index is 1.94. The molecule has 0 saturated heterocycles. The van der Waals surface area contributed by atoms with Gasteiger partial charge in [0.15, 0.2) is 0 Å². The fourth-order valence-electron chi connectivity index (χ4n) is 4.26. The van der Waals surface area contributed by atoms with Crippen LogP contribution in [0.3, 0.4) is 0 Å². The Bertz CT molecular complexity index is 260. The van der Waals surface area contributed by atoms with Gasteiger partial charge >= 0.3 is 0 Å². The Morgan fingerprint density at radius 2 is 1.74 bits per heavy atom. The Hall–Kier alpha value is -0.0800. The maximum atomic E-state index is 6.22. The first-order valence-corrected chi connectivity index (χ1v) is 8.57. The molecule has 2 saturated carbocycles. The Labute approximate surface area is 120 Å². The number of rotatable bonds is 4. The summed E-state index contributed by atoms with van der Waals surface area (Å²) < 4.78 is 0. The fraction of sp³-hybridized carbons (Fsp3) is 1.00. The molecular formula is C17H34N2. The molecule has 0 aliphatic heterocycles. The molecule has 2 fully saturated rings. The summed E-state index contributed by atoms with van der Waals surface area (Å²) in [6.07, 6.45) is 14.0. The quantitative estimate of drug-likeness (QED) is 0.784. The second kappa shape index (κ2) is 7.08. The molecule has 19 heavy (non-hydrogen) atoms. The molecule has 0 radical (unpaired) electrons. The fourth-order valence-corrected chi connectivity index (χ4v) is 4.26. The first-order valence-electron chi connectivity index (χ1n) is 8.57. The normalized spacial score (nSPS) is 34.4. The van der Waals surface area contributed by atoms with E-state index < -0.39 is 0 Å². The third-order valence-electron chi connectivity index (χ3n) is 5.89. The molecule has 2 N–H and O–H groups in total. The summed E-state index contributed by atoms with van der Waals surface area (Å²) in [6, 6.07) is 0. The van der Waals surface area contributed by atoms with Gasteiger partial charge in [-0.25, -0.2) is 0 Å². The highest BCUT2D eigenvalue weighted by Crippen LogP contribution is 2.35. The zero-order valence-corrected chi connectivity index (χ0v) is 13.2. The molecule has 2 atom stereocenters.